The molecule has 0 aliphatic carbocycles. The van der Waals surface area contributed by atoms with Crippen molar-refractivity contribution in [1.82, 2.24) is 5.32 Å². The molecule has 2 aromatic rings. The number of halogens is 3. The molecule has 2 aromatic carbocycles. The lowest BCUT2D eigenvalue weighted by molar-refractivity contribution is -0.123. The van der Waals surface area contributed by atoms with Crippen LogP contribution >= 0.6 is 11.6 Å². The minimum absolute atomic E-state index is 0.0668. The summed E-state index contributed by atoms with van der Waals surface area (Å²) in [4.78, 5) is 11.7. The van der Waals surface area contributed by atoms with Crippen LogP contribution in [0.15, 0.2) is 48.5 Å². The molecule has 0 fully saturated rings. The number of ether oxygens (including phenoxy) is 2. The predicted octanol–water partition coefficient (Wildman–Crippen LogP) is 3.64. The second kappa shape index (κ2) is 8.33. The zero-order valence-corrected chi connectivity index (χ0v) is 12.7. The molecule has 0 aromatic heterocycles. The van der Waals surface area contributed by atoms with Crippen molar-refractivity contribution in [3.05, 3.63) is 59.1 Å². The lowest BCUT2D eigenvalue weighted by Crippen LogP contribution is -2.28. The van der Waals surface area contributed by atoms with E-state index >= 15 is 0 Å². The fraction of sp³-hybridized carbons (Fsp3) is 0.188. The molecule has 0 spiro atoms. The van der Waals surface area contributed by atoms with Crippen molar-refractivity contribution >= 4 is 17.5 Å². The Labute approximate surface area is 137 Å². The van der Waals surface area contributed by atoms with Crippen molar-refractivity contribution in [2.24, 2.45) is 0 Å². The third kappa shape index (κ3) is 5.75. The van der Waals surface area contributed by atoms with Gasteiger partial charge in [-0.2, -0.15) is 8.78 Å². The van der Waals surface area contributed by atoms with Gasteiger partial charge in [-0.25, -0.2) is 0 Å². The molecular weight excluding hydrogens is 328 g/mol. The van der Waals surface area contributed by atoms with Crippen LogP contribution in [-0.4, -0.2) is 19.1 Å². The van der Waals surface area contributed by atoms with E-state index in [1.165, 1.54) is 12.1 Å². The molecule has 0 atom stereocenters. The van der Waals surface area contributed by atoms with Gasteiger partial charge < -0.3 is 14.8 Å². The maximum absolute atomic E-state index is 12.0. The van der Waals surface area contributed by atoms with Crippen molar-refractivity contribution < 1.29 is 23.0 Å². The number of nitrogens with one attached hydrogen (secondary N) is 1. The molecule has 0 bridgehead atoms. The third-order valence-corrected chi connectivity index (χ3v) is 3.15. The number of para-hydroxylation sites is 1. The fourth-order valence-electron chi connectivity index (χ4n) is 1.75. The van der Waals surface area contributed by atoms with Gasteiger partial charge in [-0.15, -0.1) is 0 Å². The van der Waals surface area contributed by atoms with E-state index in [1.807, 2.05) is 0 Å². The molecule has 0 aliphatic heterocycles. The number of amides is 1. The lowest BCUT2D eigenvalue weighted by Gasteiger charge is -2.09. The molecule has 23 heavy (non-hydrogen) atoms. The summed E-state index contributed by atoms with van der Waals surface area (Å²) in [6.07, 6.45) is 0. The summed E-state index contributed by atoms with van der Waals surface area (Å²) >= 11 is 5.91. The monoisotopic (exact) mass is 341 g/mol. The quantitative estimate of drug-likeness (QED) is 0.836. The molecule has 0 aliphatic rings. The summed E-state index contributed by atoms with van der Waals surface area (Å²) in [5.74, 6) is 0.174. The van der Waals surface area contributed by atoms with E-state index in [2.05, 4.69) is 10.1 Å². The molecule has 7 heteroatoms. The molecule has 0 heterocycles. The number of hydrogen-bond acceptors (Lipinski definition) is 3. The molecule has 1 amide bonds. The maximum atomic E-state index is 12.0. The number of alkyl halides is 2. The van der Waals surface area contributed by atoms with Crippen molar-refractivity contribution in [2.45, 2.75) is 13.2 Å². The van der Waals surface area contributed by atoms with Crippen molar-refractivity contribution in [3.63, 3.8) is 0 Å². The van der Waals surface area contributed by atoms with Gasteiger partial charge in [0.2, 0.25) is 0 Å². The Kier molecular flexibility index (Phi) is 6.17. The van der Waals surface area contributed by atoms with Crippen LogP contribution in [0.2, 0.25) is 5.02 Å². The summed E-state index contributed by atoms with van der Waals surface area (Å²) in [6, 6.07) is 12.8. The van der Waals surface area contributed by atoms with Crippen LogP contribution < -0.4 is 14.8 Å². The molecule has 0 saturated carbocycles. The van der Waals surface area contributed by atoms with Gasteiger partial charge in [-0.1, -0.05) is 35.9 Å². The van der Waals surface area contributed by atoms with Gasteiger partial charge in [-0.05, 0) is 29.8 Å². The minimum atomic E-state index is -2.86. The first-order valence-corrected chi connectivity index (χ1v) is 7.10. The van der Waals surface area contributed by atoms with Crippen molar-refractivity contribution in [2.75, 3.05) is 6.61 Å². The second-order valence-electron chi connectivity index (χ2n) is 4.52. The standard InChI is InChI=1S/C16H14ClF2NO3/c17-13-3-1-2-4-14(13)22-10-15(21)20-9-11-5-7-12(8-6-11)23-16(18)19/h1-8,16H,9-10H2,(H,20,21). The summed E-state index contributed by atoms with van der Waals surface area (Å²) in [5.41, 5.74) is 0.748. The first-order chi connectivity index (χ1) is 11.0. The molecule has 0 saturated heterocycles. The van der Waals surface area contributed by atoms with Crippen LogP contribution in [0.4, 0.5) is 8.78 Å². The third-order valence-electron chi connectivity index (χ3n) is 2.83. The number of benzene rings is 2. The normalized spacial score (nSPS) is 10.4. The number of carbonyl (C=O) groups excluding carboxylic acids is 1. The largest absolute Gasteiger partial charge is 0.482 e. The number of carbonyl (C=O) groups is 1. The van der Waals surface area contributed by atoms with Crippen LogP contribution in [0, 0.1) is 0 Å². The summed E-state index contributed by atoms with van der Waals surface area (Å²) in [7, 11) is 0. The molecule has 2 rings (SSSR count). The van der Waals surface area contributed by atoms with Crippen LogP contribution in [0.5, 0.6) is 11.5 Å². The van der Waals surface area contributed by atoms with Gasteiger partial charge in [0.1, 0.15) is 11.5 Å². The number of hydrogen-bond donors (Lipinski definition) is 1. The highest BCUT2D eigenvalue weighted by atomic mass is 35.5. The van der Waals surface area contributed by atoms with E-state index in [1.54, 1.807) is 36.4 Å². The van der Waals surface area contributed by atoms with Crippen molar-refractivity contribution in [1.29, 1.82) is 0 Å². The van der Waals surface area contributed by atoms with E-state index < -0.39 is 6.61 Å². The highest BCUT2D eigenvalue weighted by molar-refractivity contribution is 6.32. The molecule has 0 unspecified atom stereocenters. The molecule has 4 nitrogen and oxygen atoms in total. The Hall–Kier alpha value is -2.34. The van der Waals surface area contributed by atoms with E-state index in [4.69, 9.17) is 16.3 Å². The Morgan fingerprint density at radius 3 is 2.48 bits per heavy atom. The van der Waals surface area contributed by atoms with Gasteiger partial charge in [-0.3, -0.25) is 4.79 Å². The Morgan fingerprint density at radius 2 is 1.83 bits per heavy atom. The van der Waals surface area contributed by atoms with Gasteiger partial charge in [0.15, 0.2) is 6.61 Å². The van der Waals surface area contributed by atoms with Gasteiger partial charge >= 0.3 is 6.61 Å². The molecule has 0 radical (unpaired) electrons. The predicted molar refractivity (Wildman–Crippen MR) is 81.9 cm³/mol. The highest BCUT2D eigenvalue weighted by Crippen LogP contribution is 2.22. The fourth-order valence-corrected chi connectivity index (χ4v) is 1.94. The Morgan fingerprint density at radius 1 is 1.13 bits per heavy atom. The van der Waals surface area contributed by atoms with E-state index in [0.29, 0.717) is 10.8 Å². The summed E-state index contributed by atoms with van der Waals surface area (Å²) < 4.78 is 33.6. The lowest BCUT2D eigenvalue weighted by atomic mass is 10.2. The van der Waals surface area contributed by atoms with Crippen LogP contribution in [-0.2, 0) is 11.3 Å². The SMILES string of the molecule is O=C(COc1ccccc1Cl)NCc1ccc(OC(F)F)cc1. The van der Waals surface area contributed by atoms with Gasteiger partial charge in [0.25, 0.3) is 5.91 Å². The zero-order valence-electron chi connectivity index (χ0n) is 12.0. The summed E-state index contributed by atoms with van der Waals surface area (Å²) in [6.45, 7) is -2.78. The smallest absolute Gasteiger partial charge is 0.387 e. The average molecular weight is 342 g/mol. The molecular formula is C16H14ClF2NO3. The highest BCUT2D eigenvalue weighted by Gasteiger charge is 2.06. The summed E-state index contributed by atoms with van der Waals surface area (Å²) in [5, 5.41) is 3.08. The van der Waals surface area contributed by atoms with Crippen LogP contribution in [0.25, 0.3) is 0 Å². The average Bonchev–Trinajstić information content (AvgIpc) is 2.53. The van der Waals surface area contributed by atoms with Crippen LogP contribution in [0.1, 0.15) is 5.56 Å². The maximum Gasteiger partial charge on any atom is 0.387 e. The first-order valence-electron chi connectivity index (χ1n) is 6.72. The van der Waals surface area contributed by atoms with E-state index in [9.17, 15) is 13.6 Å². The Balaban J connectivity index is 1.77. The molecule has 1 N–H and O–H groups in total. The van der Waals surface area contributed by atoms with E-state index in [0.717, 1.165) is 5.56 Å². The van der Waals surface area contributed by atoms with Crippen molar-refractivity contribution in [3.8, 4) is 11.5 Å². The first kappa shape index (κ1) is 17.0. The van der Waals surface area contributed by atoms with Crippen LogP contribution in [0.3, 0.4) is 0 Å². The zero-order chi connectivity index (χ0) is 16.7. The number of rotatable bonds is 7. The van der Waals surface area contributed by atoms with E-state index in [-0.39, 0.29) is 24.8 Å². The Bertz CT molecular complexity index is 650. The second-order valence-corrected chi connectivity index (χ2v) is 4.93. The molecule has 122 valence electrons. The van der Waals surface area contributed by atoms with Gasteiger partial charge in [0, 0.05) is 6.54 Å². The topological polar surface area (TPSA) is 47.6 Å². The minimum Gasteiger partial charge on any atom is -0.482 e. The van der Waals surface area contributed by atoms with Gasteiger partial charge in [0.05, 0.1) is 5.02 Å².